The van der Waals surface area contributed by atoms with E-state index in [0.717, 1.165) is 32.1 Å². The molecule has 1 aliphatic carbocycles. The molecule has 150 valence electrons. The van der Waals surface area contributed by atoms with Crippen molar-refractivity contribution >= 4 is 0 Å². The molecule has 0 bridgehead atoms. The number of ether oxygens (including phenoxy) is 2. The highest BCUT2D eigenvalue weighted by molar-refractivity contribution is 5.07. The van der Waals surface area contributed by atoms with Crippen LogP contribution in [0.15, 0.2) is 23.3 Å². The zero-order chi connectivity index (χ0) is 19.5. The van der Waals surface area contributed by atoms with Crippen molar-refractivity contribution < 1.29 is 24.8 Å². The molecule has 2 rings (SSSR count). The summed E-state index contributed by atoms with van der Waals surface area (Å²) in [5, 5.41) is 30.4. The van der Waals surface area contributed by atoms with Gasteiger partial charge in [0.25, 0.3) is 0 Å². The molecule has 0 radical (unpaired) electrons. The SMILES string of the molecule is CC(C)=CCC[C@@](C)(O[C@@H]1O[C@H](C)[C@H](O)[C@@H](O)[C@H]1O)[C@@H]1CC=C(C)CC1. The van der Waals surface area contributed by atoms with Crippen LogP contribution in [0.4, 0.5) is 0 Å². The van der Waals surface area contributed by atoms with Gasteiger partial charge in [-0.3, -0.25) is 0 Å². The number of rotatable bonds is 6. The average molecular weight is 369 g/mol. The monoisotopic (exact) mass is 368 g/mol. The van der Waals surface area contributed by atoms with Crippen LogP contribution in [0.5, 0.6) is 0 Å². The van der Waals surface area contributed by atoms with E-state index in [9.17, 15) is 15.3 Å². The van der Waals surface area contributed by atoms with E-state index in [1.54, 1.807) is 6.92 Å². The number of aliphatic hydroxyl groups excluding tert-OH is 3. The summed E-state index contributed by atoms with van der Waals surface area (Å²) >= 11 is 0. The lowest BCUT2D eigenvalue weighted by Gasteiger charge is -2.46. The summed E-state index contributed by atoms with van der Waals surface area (Å²) in [7, 11) is 0. The Kier molecular flexibility index (Phi) is 7.45. The molecule has 1 heterocycles. The summed E-state index contributed by atoms with van der Waals surface area (Å²) in [5.74, 6) is 0.326. The molecule has 0 unspecified atom stereocenters. The maximum atomic E-state index is 10.4. The normalized spacial score (nSPS) is 37.6. The van der Waals surface area contributed by atoms with Gasteiger partial charge in [0.05, 0.1) is 11.7 Å². The van der Waals surface area contributed by atoms with E-state index in [4.69, 9.17) is 9.47 Å². The molecule has 0 aromatic heterocycles. The van der Waals surface area contributed by atoms with Gasteiger partial charge in [0.2, 0.25) is 0 Å². The molecular formula is C21H36O5. The van der Waals surface area contributed by atoms with Crippen LogP contribution in [-0.2, 0) is 9.47 Å². The second kappa shape index (κ2) is 8.98. The molecule has 0 aromatic carbocycles. The molecule has 5 nitrogen and oxygen atoms in total. The second-order valence-electron chi connectivity index (χ2n) is 8.45. The van der Waals surface area contributed by atoms with Gasteiger partial charge in [0.15, 0.2) is 6.29 Å². The summed E-state index contributed by atoms with van der Waals surface area (Å²) in [4.78, 5) is 0. The summed E-state index contributed by atoms with van der Waals surface area (Å²) in [6.45, 7) is 10.1. The first-order valence-electron chi connectivity index (χ1n) is 9.80. The number of hydrogen-bond donors (Lipinski definition) is 3. The highest BCUT2D eigenvalue weighted by Gasteiger charge is 2.46. The highest BCUT2D eigenvalue weighted by Crippen LogP contribution is 2.40. The molecule has 0 saturated carbocycles. The van der Waals surface area contributed by atoms with Gasteiger partial charge in [0, 0.05) is 0 Å². The van der Waals surface area contributed by atoms with Gasteiger partial charge in [-0.25, -0.2) is 0 Å². The van der Waals surface area contributed by atoms with E-state index in [1.165, 1.54) is 11.1 Å². The largest absolute Gasteiger partial charge is 0.388 e. The lowest BCUT2D eigenvalue weighted by molar-refractivity contribution is -0.325. The minimum atomic E-state index is -1.26. The first kappa shape index (κ1) is 21.6. The van der Waals surface area contributed by atoms with Gasteiger partial charge in [-0.15, -0.1) is 0 Å². The van der Waals surface area contributed by atoms with Crippen LogP contribution in [0.3, 0.4) is 0 Å². The van der Waals surface area contributed by atoms with E-state index in [1.807, 2.05) is 0 Å². The van der Waals surface area contributed by atoms with E-state index < -0.39 is 36.3 Å². The quantitative estimate of drug-likeness (QED) is 0.628. The van der Waals surface area contributed by atoms with Gasteiger partial charge in [-0.2, -0.15) is 0 Å². The maximum Gasteiger partial charge on any atom is 0.187 e. The van der Waals surface area contributed by atoms with E-state index >= 15 is 0 Å². The molecular weight excluding hydrogens is 332 g/mol. The Morgan fingerprint density at radius 1 is 1.27 bits per heavy atom. The predicted molar refractivity (Wildman–Crippen MR) is 102 cm³/mol. The van der Waals surface area contributed by atoms with Crippen LogP contribution >= 0.6 is 0 Å². The molecule has 7 atom stereocenters. The molecule has 1 aliphatic heterocycles. The Morgan fingerprint density at radius 3 is 2.54 bits per heavy atom. The number of allylic oxidation sites excluding steroid dienone is 4. The molecule has 1 saturated heterocycles. The molecule has 0 aromatic rings. The third-order valence-electron chi connectivity index (χ3n) is 5.89. The molecule has 1 fully saturated rings. The minimum absolute atomic E-state index is 0.326. The fourth-order valence-electron chi connectivity index (χ4n) is 3.90. The fourth-order valence-corrected chi connectivity index (χ4v) is 3.90. The fraction of sp³-hybridized carbons (Fsp3) is 0.810. The van der Waals surface area contributed by atoms with Crippen molar-refractivity contribution in [1.82, 2.24) is 0 Å². The molecule has 5 heteroatoms. The van der Waals surface area contributed by atoms with Gasteiger partial charge in [-0.05, 0) is 72.6 Å². The van der Waals surface area contributed by atoms with Crippen molar-refractivity contribution in [2.75, 3.05) is 0 Å². The molecule has 0 spiro atoms. The van der Waals surface area contributed by atoms with Crippen molar-refractivity contribution in [2.24, 2.45) is 5.92 Å². The van der Waals surface area contributed by atoms with Crippen LogP contribution in [0.2, 0.25) is 0 Å². The van der Waals surface area contributed by atoms with Crippen LogP contribution in [0.1, 0.15) is 66.7 Å². The highest BCUT2D eigenvalue weighted by atomic mass is 16.7. The lowest BCUT2D eigenvalue weighted by Crippen LogP contribution is -2.59. The third-order valence-corrected chi connectivity index (χ3v) is 5.89. The first-order valence-corrected chi connectivity index (χ1v) is 9.80. The van der Waals surface area contributed by atoms with E-state index in [2.05, 4.69) is 39.8 Å². The van der Waals surface area contributed by atoms with Crippen LogP contribution in [0.25, 0.3) is 0 Å². The van der Waals surface area contributed by atoms with Crippen LogP contribution in [-0.4, -0.2) is 51.6 Å². The van der Waals surface area contributed by atoms with Gasteiger partial charge in [0.1, 0.15) is 18.3 Å². The maximum absolute atomic E-state index is 10.4. The third kappa shape index (κ3) is 5.17. The van der Waals surface area contributed by atoms with Gasteiger partial charge < -0.3 is 24.8 Å². The van der Waals surface area contributed by atoms with Gasteiger partial charge in [-0.1, -0.05) is 23.3 Å². The Labute approximate surface area is 157 Å². The summed E-state index contributed by atoms with van der Waals surface area (Å²) in [6, 6.07) is 0. The number of aliphatic hydroxyl groups is 3. The Hall–Kier alpha value is -0.720. The molecule has 0 amide bonds. The van der Waals surface area contributed by atoms with Crippen LogP contribution < -0.4 is 0 Å². The summed E-state index contributed by atoms with van der Waals surface area (Å²) in [5.41, 5.74) is 2.21. The first-order chi connectivity index (χ1) is 12.1. The van der Waals surface area contributed by atoms with Crippen molar-refractivity contribution in [3.63, 3.8) is 0 Å². The van der Waals surface area contributed by atoms with E-state index in [0.29, 0.717) is 5.92 Å². The minimum Gasteiger partial charge on any atom is -0.388 e. The lowest BCUT2D eigenvalue weighted by atomic mass is 9.76. The summed E-state index contributed by atoms with van der Waals surface area (Å²) < 4.78 is 12.0. The van der Waals surface area contributed by atoms with E-state index in [-0.39, 0.29) is 0 Å². The Bertz CT molecular complexity index is 524. The standard InChI is InChI=1S/C21H36O5/c1-13(2)7-6-12-21(5,16-10-8-14(3)9-11-16)26-20-19(24)18(23)17(22)15(4)25-20/h7-8,15-20,22-24H,6,9-12H2,1-5H3/t15-,16-,17+,18-,19-,20+,21-/m1/s1. The smallest absolute Gasteiger partial charge is 0.187 e. The van der Waals surface area contributed by atoms with Crippen molar-refractivity contribution in [3.05, 3.63) is 23.3 Å². The van der Waals surface area contributed by atoms with Crippen molar-refractivity contribution in [3.8, 4) is 0 Å². The Balaban J connectivity index is 2.16. The zero-order valence-corrected chi connectivity index (χ0v) is 16.8. The van der Waals surface area contributed by atoms with Crippen molar-refractivity contribution in [2.45, 2.75) is 103 Å². The van der Waals surface area contributed by atoms with Crippen molar-refractivity contribution in [1.29, 1.82) is 0 Å². The predicted octanol–water partition coefficient (Wildman–Crippen LogP) is 3.08. The summed E-state index contributed by atoms with van der Waals surface area (Å²) in [6.07, 6.45) is 4.06. The topological polar surface area (TPSA) is 79.2 Å². The number of hydrogen-bond acceptors (Lipinski definition) is 5. The molecule has 2 aliphatic rings. The zero-order valence-electron chi connectivity index (χ0n) is 16.8. The molecule has 3 N–H and O–H groups in total. The van der Waals surface area contributed by atoms with Crippen LogP contribution in [0, 0.1) is 5.92 Å². The second-order valence-corrected chi connectivity index (χ2v) is 8.45. The molecule has 26 heavy (non-hydrogen) atoms. The Morgan fingerprint density at radius 2 is 1.96 bits per heavy atom. The van der Waals surface area contributed by atoms with Gasteiger partial charge >= 0.3 is 0 Å². The average Bonchev–Trinajstić information content (AvgIpc) is 2.58.